The van der Waals surface area contributed by atoms with E-state index in [2.05, 4.69) is 29.4 Å². The number of para-hydroxylation sites is 1. The summed E-state index contributed by atoms with van der Waals surface area (Å²) in [5.41, 5.74) is 0.967. The van der Waals surface area contributed by atoms with E-state index in [0.29, 0.717) is 25.0 Å². The zero-order chi connectivity index (χ0) is 18.8. The van der Waals surface area contributed by atoms with Crippen molar-refractivity contribution in [3.05, 3.63) is 29.8 Å². The van der Waals surface area contributed by atoms with Crippen molar-refractivity contribution in [3.8, 4) is 5.75 Å². The van der Waals surface area contributed by atoms with Gasteiger partial charge in [0.2, 0.25) is 0 Å². The molecule has 2 N–H and O–H groups in total. The van der Waals surface area contributed by atoms with Crippen molar-refractivity contribution in [2.75, 3.05) is 40.0 Å². The van der Waals surface area contributed by atoms with Crippen LogP contribution in [-0.4, -0.2) is 56.9 Å². The molecule has 1 atom stereocenters. The van der Waals surface area contributed by atoms with Crippen LogP contribution in [0.25, 0.3) is 0 Å². The van der Waals surface area contributed by atoms with Crippen LogP contribution in [0.2, 0.25) is 0 Å². The van der Waals surface area contributed by atoms with Crippen LogP contribution in [-0.2, 0) is 11.3 Å². The van der Waals surface area contributed by atoms with Crippen LogP contribution in [0.1, 0.15) is 32.3 Å². The number of morpholine rings is 1. The minimum atomic E-state index is -0.139. The third kappa shape index (κ3) is 5.88. The molecule has 0 bridgehead atoms. The van der Waals surface area contributed by atoms with Gasteiger partial charge in [-0.1, -0.05) is 44.9 Å². The molecule has 146 valence electrons. The Morgan fingerprint density at radius 3 is 2.54 bits per heavy atom. The standard InChI is InChI=1S/C20H33N3O3/c1-4-16(5-2)18(23-10-12-26-13-11-23)15-22-20(24)21-14-17-8-6-7-9-19(17)25-3/h6-9,16,18H,4-5,10-15H2,1-3H3,(H2,21,22,24). The second kappa shape index (κ2) is 11.0. The molecule has 1 aliphatic heterocycles. The van der Waals surface area contributed by atoms with Crippen LogP contribution in [0.3, 0.4) is 0 Å². The summed E-state index contributed by atoms with van der Waals surface area (Å²) < 4.78 is 10.8. The van der Waals surface area contributed by atoms with Crippen LogP contribution in [0.4, 0.5) is 4.79 Å². The molecule has 1 fully saturated rings. The summed E-state index contributed by atoms with van der Waals surface area (Å²) in [6, 6.07) is 7.94. The Bertz CT molecular complexity index is 543. The van der Waals surface area contributed by atoms with E-state index >= 15 is 0 Å². The lowest BCUT2D eigenvalue weighted by atomic mass is 9.92. The molecule has 6 nitrogen and oxygen atoms in total. The Morgan fingerprint density at radius 1 is 1.19 bits per heavy atom. The lowest BCUT2D eigenvalue weighted by Crippen LogP contribution is -2.53. The van der Waals surface area contributed by atoms with Crippen LogP contribution < -0.4 is 15.4 Å². The topological polar surface area (TPSA) is 62.8 Å². The number of hydrogen-bond acceptors (Lipinski definition) is 4. The molecular formula is C20H33N3O3. The first kappa shape index (κ1) is 20.5. The van der Waals surface area contributed by atoms with Crippen molar-refractivity contribution in [3.63, 3.8) is 0 Å². The first-order valence-electron chi connectivity index (χ1n) is 9.64. The maximum absolute atomic E-state index is 12.3. The molecule has 26 heavy (non-hydrogen) atoms. The molecule has 0 saturated carbocycles. The number of nitrogens with one attached hydrogen (secondary N) is 2. The molecule has 0 spiro atoms. The van der Waals surface area contributed by atoms with Gasteiger partial charge in [0.25, 0.3) is 0 Å². The van der Waals surface area contributed by atoms with Gasteiger partial charge in [0, 0.05) is 37.8 Å². The Hall–Kier alpha value is -1.79. The quantitative estimate of drug-likeness (QED) is 0.708. The maximum atomic E-state index is 12.3. The molecule has 0 radical (unpaired) electrons. The van der Waals surface area contributed by atoms with Crippen molar-refractivity contribution in [2.45, 2.75) is 39.3 Å². The average molecular weight is 364 g/mol. The monoisotopic (exact) mass is 363 g/mol. The number of benzene rings is 1. The minimum Gasteiger partial charge on any atom is -0.496 e. The smallest absolute Gasteiger partial charge is 0.315 e. The van der Waals surface area contributed by atoms with E-state index in [4.69, 9.17) is 9.47 Å². The zero-order valence-electron chi connectivity index (χ0n) is 16.3. The molecule has 0 aromatic heterocycles. The molecule has 1 aromatic rings. The van der Waals surface area contributed by atoms with Crippen LogP contribution in [0.15, 0.2) is 24.3 Å². The Morgan fingerprint density at radius 2 is 1.88 bits per heavy atom. The summed E-state index contributed by atoms with van der Waals surface area (Å²) in [4.78, 5) is 14.8. The van der Waals surface area contributed by atoms with Crippen LogP contribution in [0, 0.1) is 5.92 Å². The van der Waals surface area contributed by atoms with Gasteiger partial charge < -0.3 is 20.1 Å². The third-order valence-electron chi connectivity index (χ3n) is 5.21. The van der Waals surface area contributed by atoms with Crippen molar-refractivity contribution < 1.29 is 14.3 Å². The molecular weight excluding hydrogens is 330 g/mol. The van der Waals surface area contributed by atoms with Gasteiger partial charge in [-0.25, -0.2) is 4.79 Å². The fourth-order valence-corrected chi connectivity index (χ4v) is 3.62. The minimum absolute atomic E-state index is 0.139. The lowest BCUT2D eigenvalue weighted by molar-refractivity contribution is 0.00237. The van der Waals surface area contributed by atoms with E-state index in [0.717, 1.165) is 50.5 Å². The number of carbonyl (C=O) groups excluding carboxylic acids is 1. The lowest BCUT2D eigenvalue weighted by Gasteiger charge is -2.38. The number of methoxy groups -OCH3 is 1. The van der Waals surface area contributed by atoms with E-state index in [1.807, 2.05) is 24.3 Å². The van der Waals surface area contributed by atoms with Crippen molar-refractivity contribution >= 4 is 6.03 Å². The zero-order valence-corrected chi connectivity index (χ0v) is 16.3. The van der Waals surface area contributed by atoms with Gasteiger partial charge >= 0.3 is 6.03 Å². The highest BCUT2D eigenvalue weighted by Crippen LogP contribution is 2.20. The Labute approximate surface area is 157 Å². The molecule has 1 saturated heterocycles. The summed E-state index contributed by atoms with van der Waals surface area (Å²) in [6.45, 7) is 8.98. The number of urea groups is 1. The summed E-state index contributed by atoms with van der Waals surface area (Å²) in [7, 11) is 1.64. The predicted octanol–water partition coefficient (Wildman–Crippen LogP) is 2.63. The molecule has 2 rings (SSSR count). The van der Waals surface area contributed by atoms with Gasteiger partial charge in [0.1, 0.15) is 5.75 Å². The number of ether oxygens (including phenoxy) is 2. The number of nitrogens with zero attached hydrogens (tertiary/aromatic N) is 1. The molecule has 2 amide bonds. The van der Waals surface area contributed by atoms with E-state index in [9.17, 15) is 4.79 Å². The highest BCUT2D eigenvalue weighted by molar-refractivity contribution is 5.73. The first-order chi connectivity index (χ1) is 12.7. The van der Waals surface area contributed by atoms with Gasteiger partial charge in [-0.3, -0.25) is 4.90 Å². The van der Waals surface area contributed by atoms with Gasteiger partial charge in [-0.15, -0.1) is 0 Å². The molecule has 0 aliphatic carbocycles. The molecule has 1 heterocycles. The summed E-state index contributed by atoms with van der Waals surface area (Å²) >= 11 is 0. The normalized spacial score (nSPS) is 16.3. The average Bonchev–Trinajstić information content (AvgIpc) is 2.70. The van der Waals surface area contributed by atoms with Crippen molar-refractivity contribution in [1.82, 2.24) is 15.5 Å². The summed E-state index contributed by atoms with van der Waals surface area (Å²) in [5.74, 6) is 1.36. The highest BCUT2D eigenvalue weighted by Gasteiger charge is 2.27. The second-order valence-corrected chi connectivity index (χ2v) is 6.67. The van der Waals surface area contributed by atoms with Crippen LogP contribution >= 0.6 is 0 Å². The van der Waals surface area contributed by atoms with E-state index in [-0.39, 0.29) is 6.03 Å². The summed E-state index contributed by atoms with van der Waals surface area (Å²) in [6.07, 6.45) is 2.23. The van der Waals surface area contributed by atoms with Gasteiger partial charge in [-0.2, -0.15) is 0 Å². The van der Waals surface area contributed by atoms with Gasteiger partial charge in [-0.05, 0) is 12.0 Å². The second-order valence-electron chi connectivity index (χ2n) is 6.67. The van der Waals surface area contributed by atoms with Gasteiger partial charge in [0.15, 0.2) is 0 Å². The Balaban J connectivity index is 1.87. The van der Waals surface area contributed by atoms with Crippen LogP contribution in [0.5, 0.6) is 5.75 Å². The summed E-state index contributed by atoms with van der Waals surface area (Å²) in [5, 5.41) is 6.00. The molecule has 1 aliphatic rings. The van der Waals surface area contributed by atoms with Crippen molar-refractivity contribution in [1.29, 1.82) is 0 Å². The first-order valence-corrected chi connectivity index (χ1v) is 9.64. The highest BCUT2D eigenvalue weighted by atomic mass is 16.5. The molecule has 6 heteroatoms. The largest absolute Gasteiger partial charge is 0.496 e. The van der Waals surface area contributed by atoms with E-state index < -0.39 is 0 Å². The number of rotatable bonds is 9. The number of amides is 2. The van der Waals surface area contributed by atoms with Crippen molar-refractivity contribution in [2.24, 2.45) is 5.92 Å². The molecule has 1 aromatic carbocycles. The molecule has 1 unspecified atom stereocenters. The SMILES string of the molecule is CCC(CC)C(CNC(=O)NCc1ccccc1OC)N1CCOCC1. The maximum Gasteiger partial charge on any atom is 0.315 e. The fraction of sp³-hybridized carbons (Fsp3) is 0.650. The number of hydrogen-bond donors (Lipinski definition) is 2. The fourth-order valence-electron chi connectivity index (χ4n) is 3.62. The third-order valence-corrected chi connectivity index (χ3v) is 5.21. The predicted molar refractivity (Wildman–Crippen MR) is 103 cm³/mol. The van der Waals surface area contributed by atoms with E-state index in [1.54, 1.807) is 7.11 Å². The number of carbonyl (C=O) groups is 1. The van der Waals surface area contributed by atoms with E-state index in [1.165, 1.54) is 0 Å². The van der Waals surface area contributed by atoms with Gasteiger partial charge in [0.05, 0.1) is 20.3 Å². The Kier molecular flexibility index (Phi) is 8.71.